The van der Waals surface area contributed by atoms with Crippen LogP contribution >= 0.6 is 0 Å². The topological polar surface area (TPSA) is 79.6 Å². The number of nitrogens with one attached hydrogen (secondary N) is 1. The Morgan fingerprint density at radius 2 is 1.78 bits per heavy atom. The van der Waals surface area contributed by atoms with E-state index in [1.54, 1.807) is 24.3 Å². The largest absolute Gasteiger partial charge is 0.468 e. The molecule has 146 valence electrons. The van der Waals surface area contributed by atoms with Crippen LogP contribution in [0, 0.1) is 0 Å². The van der Waals surface area contributed by atoms with Crippen LogP contribution in [0.5, 0.6) is 0 Å². The SMILES string of the molecule is CN(C(=O)c1ccc(S(=O)(=O)NCc2ccco2)cc1)C1CCCCCC1. The molecule has 3 rings (SSSR count). The van der Waals surface area contributed by atoms with Crippen molar-refractivity contribution in [3.63, 3.8) is 0 Å². The van der Waals surface area contributed by atoms with E-state index in [9.17, 15) is 13.2 Å². The van der Waals surface area contributed by atoms with Crippen LogP contribution < -0.4 is 4.72 Å². The molecule has 1 fully saturated rings. The lowest BCUT2D eigenvalue weighted by atomic mass is 10.1. The Morgan fingerprint density at radius 1 is 1.11 bits per heavy atom. The molecule has 0 spiro atoms. The Morgan fingerprint density at radius 3 is 2.37 bits per heavy atom. The Labute approximate surface area is 160 Å². The number of sulfonamides is 1. The predicted molar refractivity (Wildman–Crippen MR) is 103 cm³/mol. The zero-order valence-electron chi connectivity index (χ0n) is 15.6. The molecular formula is C20H26N2O4S. The van der Waals surface area contributed by atoms with Gasteiger partial charge in [0.15, 0.2) is 0 Å². The molecule has 1 saturated carbocycles. The van der Waals surface area contributed by atoms with E-state index < -0.39 is 10.0 Å². The Kier molecular flexibility index (Phi) is 6.34. The Bertz CT molecular complexity index is 837. The number of rotatable bonds is 6. The van der Waals surface area contributed by atoms with E-state index in [1.807, 2.05) is 11.9 Å². The minimum atomic E-state index is -3.66. The first-order valence-electron chi connectivity index (χ1n) is 9.36. The van der Waals surface area contributed by atoms with Gasteiger partial charge in [0.25, 0.3) is 5.91 Å². The van der Waals surface area contributed by atoms with Crippen LogP contribution in [-0.2, 0) is 16.6 Å². The van der Waals surface area contributed by atoms with E-state index in [1.165, 1.54) is 31.2 Å². The van der Waals surface area contributed by atoms with Gasteiger partial charge in [-0.15, -0.1) is 0 Å². The zero-order valence-corrected chi connectivity index (χ0v) is 16.4. The van der Waals surface area contributed by atoms with Gasteiger partial charge in [-0.05, 0) is 49.2 Å². The number of hydrogen-bond acceptors (Lipinski definition) is 4. The third-order valence-corrected chi connectivity index (χ3v) is 6.54. The normalized spacial score (nSPS) is 16.0. The van der Waals surface area contributed by atoms with Crippen molar-refractivity contribution in [1.29, 1.82) is 0 Å². The van der Waals surface area contributed by atoms with Crippen molar-refractivity contribution >= 4 is 15.9 Å². The lowest BCUT2D eigenvalue weighted by molar-refractivity contribution is 0.0717. The molecule has 0 aliphatic heterocycles. The Hall–Kier alpha value is -2.12. The second-order valence-electron chi connectivity index (χ2n) is 6.99. The molecule has 1 amide bonds. The molecule has 0 saturated heterocycles. The number of carbonyl (C=O) groups excluding carboxylic acids is 1. The molecule has 0 bridgehead atoms. The second kappa shape index (κ2) is 8.71. The molecule has 1 aliphatic carbocycles. The smallest absolute Gasteiger partial charge is 0.253 e. The summed E-state index contributed by atoms with van der Waals surface area (Å²) < 4.78 is 32.4. The molecular weight excluding hydrogens is 364 g/mol. The summed E-state index contributed by atoms with van der Waals surface area (Å²) in [5.74, 6) is 0.477. The van der Waals surface area contributed by atoms with E-state index in [0.717, 1.165) is 25.7 Å². The van der Waals surface area contributed by atoms with Crippen LogP contribution in [0.4, 0.5) is 0 Å². The van der Waals surface area contributed by atoms with Crippen molar-refractivity contribution in [2.24, 2.45) is 0 Å². The zero-order chi connectivity index (χ0) is 19.3. The number of amides is 1. The first-order valence-corrected chi connectivity index (χ1v) is 10.8. The molecule has 1 heterocycles. The van der Waals surface area contributed by atoms with Gasteiger partial charge < -0.3 is 9.32 Å². The lowest BCUT2D eigenvalue weighted by Gasteiger charge is -2.27. The quantitative estimate of drug-likeness (QED) is 0.765. The van der Waals surface area contributed by atoms with Gasteiger partial charge in [-0.1, -0.05) is 25.7 Å². The first kappa shape index (κ1) is 19.6. The van der Waals surface area contributed by atoms with E-state index in [4.69, 9.17) is 4.42 Å². The lowest BCUT2D eigenvalue weighted by Crippen LogP contribution is -2.36. The molecule has 0 radical (unpaired) electrons. The summed E-state index contributed by atoms with van der Waals surface area (Å²) in [5.41, 5.74) is 0.506. The molecule has 1 aromatic carbocycles. The summed E-state index contributed by atoms with van der Waals surface area (Å²) in [6, 6.07) is 9.77. The van der Waals surface area contributed by atoms with Gasteiger partial charge in [0.1, 0.15) is 5.76 Å². The molecule has 1 N–H and O–H groups in total. The standard InChI is InChI=1S/C20H26N2O4S/c1-22(17-7-4-2-3-5-8-17)20(23)16-10-12-19(13-11-16)27(24,25)21-15-18-9-6-14-26-18/h6,9-14,17,21H,2-5,7-8,15H2,1H3. The summed E-state index contributed by atoms with van der Waals surface area (Å²) >= 11 is 0. The summed E-state index contributed by atoms with van der Waals surface area (Å²) in [4.78, 5) is 14.7. The highest BCUT2D eigenvalue weighted by molar-refractivity contribution is 7.89. The van der Waals surface area contributed by atoms with Crippen LogP contribution in [0.2, 0.25) is 0 Å². The second-order valence-corrected chi connectivity index (χ2v) is 8.76. The fourth-order valence-electron chi connectivity index (χ4n) is 3.45. The van der Waals surface area contributed by atoms with Crippen LogP contribution in [0.25, 0.3) is 0 Å². The van der Waals surface area contributed by atoms with Crippen molar-refractivity contribution in [3.05, 3.63) is 54.0 Å². The van der Waals surface area contributed by atoms with Crippen LogP contribution in [0.3, 0.4) is 0 Å². The average Bonchev–Trinajstić information content (AvgIpc) is 3.06. The summed E-state index contributed by atoms with van der Waals surface area (Å²) in [6.07, 6.45) is 8.33. The van der Waals surface area contributed by atoms with Crippen molar-refractivity contribution in [2.45, 2.75) is 56.0 Å². The highest BCUT2D eigenvalue weighted by atomic mass is 32.2. The predicted octanol–water partition coefficient (Wildman–Crippen LogP) is 3.55. The fourth-order valence-corrected chi connectivity index (χ4v) is 4.45. The minimum absolute atomic E-state index is 0.0607. The molecule has 7 heteroatoms. The van der Waals surface area contributed by atoms with Crippen LogP contribution in [0.1, 0.15) is 54.6 Å². The molecule has 1 aromatic heterocycles. The van der Waals surface area contributed by atoms with E-state index in [-0.39, 0.29) is 23.4 Å². The highest BCUT2D eigenvalue weighted by Crippen LogP contribution is 2.22. The van der Waals surface area contributed by atoms with Gasteiger partial charge in [0, 0.05) is 18.7 Å². The molecule has 0 unspecified atom stereocenters. The Balaban J connectivity index is 1.65. The van der Waals surface area contributed by atoms with Crippen molar-refractivity contribution in [2.75, 3.05) is 7.05 Å². The molecule has 27 heavy (non-hydrogen) atoms. The summed E-state index contributed by atoms with van der Waals surface area (Å²) in [7, 11) is -1.82. The average molecular weight is 391 g/mol. The molecule has 2 aromatic rings. The van der Waals surface area contributed by atoms with Gasteiger partial charge in [0.05, 0.1) is 17.7 Å². The van der Waals surface area contributed by atoms with Crippen LogP contribution in [-0.4, -0.2) is 32.3 Å². The number of benzene rings is 1. The maximum absolute atomic E-state index is 12.7. The van der Waals surface area contributed by atoms with E-state index >= 15 is 0 Å². The van der Waals surface area contributed by atoms with Crippen molar-refractivity contribution < 1.29 is 17.6 Å². The summed E-state index contributed by atoms with van der Waals surface area (Å²) in [5, 5.41) is 0. The maximum atomic E-state index is 12.7. The monoisotopic (exact) mass is 390 g/mol. The van der Waals surface area contributed by atoms with Crippen LogP contribution in [0.15, 0.2) is 52.0 Å². The maximum Gasteiger partial charge on any atom is 0.253 e. The number of hydrogen-bond donors (Lipinski definition) is 1. The number of carbonyl (C=O) groups is 1. The molecule has 0 atom stereocenters. The van der Waals surface area contributed by atoms with Gasteiger partial charge >= 0.3 is 0 Å². The third-order valence-electron chi connectivity index (χ3n) is 5.12. The minimum Gasteiger partial charge on any atom is -0.468 e. The first-order chi connectivity index (χ1) is 13.0. The molecule has 6 nitrogen and oxygen atoms in total. The number of furan rings is 1. The molecule has 1 aliphatic rings. The van der Waals surface area contributed by atoms with Crippen molar-refractivity contribution in [1.82, 2.24) is 9.62 Å². The third kappa shape index (κ3) is 4.99. The fraction of sp³-hybridized carbons (Fsp3) is 0.450. The van der Waals surface area contributed by atoms with Gasteiger partial charge in [-0.25, -0.2) is 13.1 Å². The summed E-state index contributed by atoms with van der Waals surface area (Å²) in [6.45, 7) is 0.0838. The highest BCUT2D eigenvalue weighted by Gasteiger charge is 2.23. The van der Waals surface area contributed by atoms with Gasteiger partial charge in [0.2, 0.25) is 10.0 Å². The van der Waals surface area contributed by atoms with E-state index in [2.05, 4.69) is 4.72 Å². The van der Waals surface area contributed by atoms with E-state index in [0.29, 0.717) is 11.3 Å². The van der Waals surface area contributed by atoms with Crippen molar-refractivity contribution in [3.8, 4) is 0 Å². The van der Waals surface area contributed by atoms with Gasteiger partial charge in [-0.3, -0.25) is 4.79 Å². The van der Waals surface area contributed by atoms with Gasteiger partial charge in [-0.2, -0.15) is 0 Å². The number of nitrogens with zero attached hydrogens (tertiary/aromatic N) is 1.